The predicted octanol–water partition coefficient (Wildman–Crippen LogP) is 2.23. The van der Waals surface area contributed by atoms with Crippen molar-refractivity contribution in [3.8, 4) is 0 Å². The number of hydrogen-bond acceptors (Lipinski definition) is 4. The van der Waals surface area contributed by atoms with Gasteiger partial charge in [0.15, 0.2) is 0 Å². The van der Waals surface area contributed by atoms with Gasteiger partial charge in [-0.1, -0.05) is 13.3 Å². The highest BCUT2D eigenvalue weighted by Gasteiger charge is 2.18. The van der Waals surface area contributed by atoms with Crippen molar-refractivity contribution in [2.24, 2.45) is 0 Å². The fourth-order valence-electron chi connectivity index (χ4n) is 1.83. The van der Waals surface area contributed by atoms with Crippen LogP contribution in [0, 0.1) is 17.0 Å². The van der Waals surface area contributed by atoms with Crippen molar-refractivity contribution in [2.45, 2.75) is 39.2 Å². The molecular weight excluding hydrogens is 218 g/mol. The van der Waals surface area contributed by atoms with Gasteiger partial charge in [0.2, 0.25) is 0 Å². The number of rotatable bonds is 6. The molecule has 1 aromatic rings. The van der Waals surface area contributed by atoms with Crippen LogP contribution in [0.4, 0.5) is 5.69 Å². The van der Waals surface area contributed by atoms with Gasteiger partial charge in [0.1, 0.15) is 5.69 Å². The van der Waals surface area contributed by atoms with E-state index in [9.17, 15) is 10.1 Å². The summed E-state index contributed by atoms with van der Waals surface area (Å²) in [5, 5.41) is 14.1. The van der Waals surface area contributed by atoms with Crippen LogP contribution < -0.4 is 5.32 Å². The Kier molecular flexibility index (Phi) is 5.03. The first kappa shape index (κ1) is 13.6. The van der Waals surface area contributed by atoms with Crippen LogP contribution in [0.3, 0.4) is 0 Å². The molecule has 0 saturated heterocycles. The summed E-state index contributed by atoms with van der Waals surface area (Å²) in [6, 6.07) is 1.83. The average Bonchev–Trinajstić information content (AvgIpc) is 2.30. The summed E-state index contributed by atoms with van der Waals surface area (Å²) in [7, 11) is 1.88. The predicted molar refractivity (Wildman–Crippen MR) is 67.1 cm³/mol. The SMILES string of the molecule is CCCC(Cc1ncc(C)cc1[N+](=O)[O-])NC. The second-order valence-electron chi connectivity index (χ2n) is 4.21. The zero-order valence-corrected chi connectivity index (χ0v) is 10.6. The lowest BCUT2D eigenvalue weighted by molar-refractivity contribution is -0.386. The molecule has 17 heavy (non-hydrogen) atoms. The lowest BCUT2D eigenvalue weighted by Crippen LogP contribution is -2.28. The second-order valence-corrected chi connectivity index (χ2v) is 4.21. The molecule has 0 saturated carbocycles. The molecule has 0 aromatic carbocycles. The van der Waals surface area contributed by atoms with Crippen LogP contribution in [0.25, 0.3) is 0 Å². The Bertz CT molecular complexity index is 393. The maximum atomic E-state index is 10.9. The number of aromatic nitrogens is 1. The number of nitro groups is 1. The summed E-state index contributed by atoms with van der Waals surface area (Å²) in [5.41, 5.74) is 1.51. The normalized spacial score (nSPS) is 12.4. The maximum absolute atomic E-state index is 10.9. The Labute approximate surface area is 101 Å². The van der Waals surface area contributed by atoms with Crippen molar-refractivity contribution < 1.29 is 4.92 Å². The molecule has 1 heterocycles. The Balaban J connectivity index is 2.92. The maximum Gasteiger partial charge on any atom is 0.291 e. The summed E-state index contributed by atoms with van der Waals surface area (Å²) < 4.78 is 0. The average molecular weight is 237 g/mol. The highest BCUT2D eigenvalue weighted by atomic mass is 16.6. The molecule has 0 amide bonds. The first-order chi connectivity index (χ1) is 8.08. The largest absolute Gasteiger partial charge is 0.317 e. The van der Waals surface area contributed by atoms with E-state index in [-0.39, 0.29) is 16.7 Å². The lowest BCUT2D eigenvalue weighted by atomic mass is 10.0. The van der Waals surface area contributed by atoms with Crippen LogP contribution in [0.1, 0.15) is 31.0 Å². The van der Waals surface area contributed by atoms with Crippen LogP contribution in [0.5, 0.6) is 0 Å². The molecule has 0 fully saturated rings. The smallest absolute Gasteiger partial charge is 0.291 e. The molecule has 1 unspecified atom stereocenters. The van der Waals surface area contributed by atoms with Crippen molar-refractivity contribution in [1.82, 2.24) is 10.3 Å². The monoisotopic (exact) mass is 237 g/mol. The van der Waals surface area contributed by atoms with Crippen LogP contribution in [-0.4, -0.2) is 23.0 Å². The minimum atomic E-state index is -0.353. The molecule has 1 N–H and O–H groups in total. The topological polar surface area (TPSA) is 68.1 Å². The molecule has 5 nitrogen and oxygen atoms in total. The van der Waals surface area contributed by atoms with Gasteiger partial charge in [-0.15, -0.1) is 0 Å². The quantitative estimate of drug-likeness (QED) is 0.608. The summed E-state index contributed by atoms with van der Waals surface area (Å²) in [4.78, 5) is 14.8. The Morgan fingerprint density at radius 3 is 2.82 bits per heavy atom. The molecule has 0 aliphatic heterocycles. The van der Waals surface area contributed by atoms with Gasteiger partial charge in [-0.05, 0) is 26.0 Å². The standard InChI is InChI=1S/C12H19N3O2/c1-4-5-10(13-3)7-11-12(15(16)17)6-9(2)8-14-11/h6,8,10,13H,4-5,7H2,1-3H3. The third-order valence-corrected chi connectivity index (χ3v) is 2.77. The summed E-state index contributed by atoms with van der Waals surface area (Å²) >= 11 is 0. The van der Waals surface area contributed by atoms with Crippen LogP contribution in [0.2, 0.25) is 0 Å². The third-order valence-electron chi connectivity index (χ3n) is 2.77. The van der Waals surface area contributed by atoms with Crippen molar-refractivity contribution in [3.05, 3.63) is 33.6 Å². The third kappa shape index (κ3) is 3.78. The van der Waals surface area contributed by atoms with Crippen molar-refractivity contribution in [3.63, 3.8) is 0 Å². The van der Waals surface area contributed by atoms with E-state index in [1.54, 1.807) is 12.3 Å². The van der Waals surface area contributed by atoms with E-state index < -0.39 is 0 Å². The van der Waals surface area contributed by atoms with Gasteiger partial charge in [0.05, 0.1) is 4.92 Å². The van der Waals surface area contributed by atoms with Crippen LogP contribution in [-0.2, 0) is 6.42 Å². The lowest BCUT2D eigenvalue weighted by Gasteiger charge is -2.14. The fourth-order valence-corrected chi connectivity index (χ4v) is 1.83. The summed E-state index contributed by atoms with van der Waals surface area (Å²) in [6.45, 7) is 3.91. The second kappa shape index (κ2) is 6.30. The highest BCUT2D eigenvalue weighted by Crippen LogP contribution is 2.19. The van der Waals surface area contributed by atoms with E-state index in [2.05, 4.69) is 17.2 Å². The molecule has 0 aliphatic rings. The van der Waals surface area contributed by atoms with Gasteiger partial charge in [-0.3, -0.25) is 15.1 Å². The van der Waals surface area contributed by atoms with E-state index in [4.69, 9.17) is 0 Å². The molecule has 0 aliphatic carbocycles. The zero-order chi connectivity index (χ0) is 12.8. The van der Waals surface area contributed by atoms with Gasteiger partial charge in [-0.25, -0.2) is 0 Å². The molecule has 1 atom stereocenters. The Morgan fingerprint density at radius 2 is 2.29 bits per heavy atom. The van der Waals surface area contributed by atoms with Gasteiger partial charge in [0, 0.05) is 24.7 Å². The minimum Gasteiger partial charge on any atom is -0.317 e. The van der Waals surface area contributed by atoms with Crippen molar-refractivity contribution in [1.29, 1.82) is 0 Å². The molecule has 0 bridgehead atoms. The number of likely N-dealkylation sites (N-methyl/N-ethyl adjacent to an activating group) is 1. The number of aryl methyl sites for hydroxylation is 1. The highest BCUT2D eigenvalue weighted by molar-refractivity contribution is 5.38. The van der Waals surface area contributed by atoms with Crippen LogP contribution in [0.15, 0.2) is 12.3 Å². The number of nitrogens with one attached hydrogen (secondary N) is 1. The van der Waals surface area contributed by atoms with E-state index in [0.29, 0.717) is 12.1 Å². The molecule has 0 radical (unpaired) electrons. The van der Waals surface area contributed by atoms with Gasteiger partial charge < -0.3 is 5.32 Å². The van der Waals surface area contributed by atoms with Crippen molar-refractivity contribution >= 4 is 5.69 Å². The zero-order valence-electron chi connectivity index (χ0n) is 10.6. The summed E-state index contributed by atoms with van der Waals surface area (Å²) in [6.07, 6.45) is 4.32. The Morgan fingerprint density at radius 1 is 1.59 bits per heavy atom. The number of pyridine rings is 1. The van der Waals surface area contributed by atoms with E-state index in [1.165, 1.54) is 0 Å². The molecule has 0 spiro atoms. The van der Waals surface area contributed by atoms with Gasteiger partial charge in [-0.2, -0.15) is 0 Å². The first-order valence-electron chi connectivity index (χ1n) is 5.85. The molecule has 94 valence electrons. The van der Waals surface area contributed by atoms with Gasteiger partial charge >= 0.3 is 0 Å². The minimum absolute atomic E-state index is 0.126. The van der Waals surface area contributed by atoms with E-state index in [1.807, 2.05) is 14.0 Å². The Hall–Kier alpha value is -1.49. The molecule has 1 rings (SSSR count). The van der Waals surface area contributed by atoms with Crippen molar-refractivity contribution in [2.75, 3.05) is 7.05 Å². The van der Waals surface area contributed by atoms with Gasteiger partial charge in [0.25, 0.3) is 5.69 Å². The molecule has 1 aromatic heterocycles. The van der Waals surface area contributed by atoms with E-state index in [0.717, 1.165) is 18.4 Å². The van der Waals surface area contributed by atoms with Crippen LogP contribution >= 0.6 is 0 Å². The molecule has 5 heteroatoms. The number of hydrogen-bond donors (Lipinski definition) is 1. The number of nitrogens with zero attached hydrogens (tertiary/aromatic N) is 2. The fraction of sp³-hybridized carbons (Fsp3) is 0.583. The molecular formula is C12H19N3O2. The first-order valence-corrected chi connectivity index (χ1v) is 5.85. The van der Waals surface area contributed by atoms with E-state index >= 15 is 0 Å². The summed E-state index contributed by atoms with van der Waals surface area (Å²) in [5.74, 6) is 0.